The molecule has 0 saturated carbocycles. The zero-order valence-electron chi connectivity index (χ0n) is 19.7. The quantitative estimate of drug-likeness (QED) is 0.250. The summed E-state index contributed by atoms with van der Waals surface area (Å²) in [5.41, 5.74) is 6.66. The molecule has 0 bridgehead atoms. The number of Topliss-reactive ketones (excluding diaryl/α,β-unsaturated/α-hetero) is 1. The second-order valence-electron chi connectivity index (χ2n) is 8.33. The van der Waals surface area contributed by atoms with Crippen LogP contribution in [0.25, 0.3) is 43.6 Å². The molecule has 2 N–H and O–H groups in total. The van der Waals surface area contributed by atoms with Gasteiger partial charge in [0.05, 0.1) is 0 Å². The highest BCUT2D eigenvalue weighted by Crippen LogP contribution is 2.29. The Morgan fingerprint density at radius 3 is 1.67 bits per heavy atom. The van der Waals surface area contributed by atoms with Gasteiger partial charge >= 0.3 is 0 Å². The van der Waals surface area contributed by atoms with Crippen molar-refractivity contribution in [2.45, 2.75) is 34.1 Å². The van der Waals surface area contributed by atoms with Crippen LogP contribution in [-0.2, 0) is 0 Å². The zero-order valence-corrected chi connectivity index (χ0v) is 19.7. The molecule has 0 unspecified atom stereocenters. The highest BCUT2D eigenvalue weighted by atomic mass is 16.1. The average molecular weight is 435 g/mol. The van der Waals surface area contributed by atoms with E-state index < -0.39 is 0 Å². The number of hydrogen-bond donors (Lipinski definition) is 2. The van der Waals surface area contributed by atoms with E-state index in [1.165, 1.54) is 33.8 Å². The first-order valence-electron chi connectivity index (χ1n) is 11.5. The second kappa shape index (κ2) is 9.74. The van der Waals surface area contributed by atoms with E-state index in [-0.39, 0.29) is 5.78 Å². The maximum absolute atomic E-state index is 11.6. The lowest BCUT2D eigenvalue weighted by atomic mass is 10.0. The summed E-state index contributed by atoms with van der Waals surface area (Å²) in [6, 6.07) is 28.7. The normalized spacial score (nSPS) is 10.7. The maximum atomic E-state index is 11.6. The van der Waals surface area contributed by atoms with Crippen LogP contribution in [0.2, 0.25) is 0 Å². The minimum Gasteiger partial charge on any atom is -0.355 e. The summed E-state index contributed by atoms with van der Waals surface area (Å²) >= 11 is 0. The summed E-state index contributed by atoms with van der Waals surface area (Å²) in [5.74, 6) is 0.107. The van der Waals surface area contributed by atoms with Gasteiger partial charge in [0.1, 0.15) is 0 Å². The molecule has 166 valence electrons. The number of aromatic nitrogens is 2. The largest absolute Gasteiger partial charge is 0.355 e. The van der Waals surface area contributed by atoms with E-state index in [0.717, 1.165) is 27.4 Å². The van der Waals surface area contributed by atoms with Crippen LogP contribution in [0, 0.1) is 6.92 Å². The van der Waals surface area contributed by atoms with Crippen LogP contribution in [0.4, 0.5) is 0 Å². The summed E-state index contributed by atoms with van der Waals surface area (Å²) < 4.78 is 0. The molecular weight excluding hydrogens is 404 g/mol. The number of aryl methyl sites for hydroxylation is 1. The lowest BCUT2D eigenvalue weighted by Gasteiger charge is -1.98. The SMILES string of the molecule is CC(=O)c1cccc2[nH]c3ccccc3c12.CCC.Cc1cccc2[nH]c3ccccc3c12. The highest BCUT2D eigenvalue weighted by molar-refractivity contribution is 6.17. The molecular formula is C30H30N2O. The van der Waals surface area contributed by atoms with E-state index in [0.29, 0.717) is 0 Å². The molecule has 3 heteroatoms. The van der Waals surface area contributed by atoms with E-state index in [9.17, 15) is 4.79 Å². The Balaban J connectivity index is 0.000000142. The molecule has 0 aliphatic heterocycles. The highest BCUT2D eigenvalue weighted by Gasteiger charge is 2.10. The molecule has 6 rings (SSSR count). The third-order valence-corrected chi connectivity index (χ3v) is 5.65. The lowest BCUT2D eigenvalue weighted by Crippen LogP contribution is -1.91. The van der Waals surface area contributed by atoms with Gasteiger partial charge in [0.2, 0.25) is 0 Å². The number of hydrogen-bond acceptors (Lipinski definition) is 1. The van der Waals surface area contributed by atoms with Crippen molar-refractivity contribution in [2.24, 2.45) is 0 Å². The fourth-order valence-corrected chi connectivity index (χ4v) is 4.28. The average Bonchev–Trinajstić information content (AvgIpc) is 3.39. The number of nitrogens with one attached hydrogen (secondary N) is 2. The third-order valence-electron chi connectivity index (χ3n) is 5.65. The van der Waals surface area contributed by atoms with Crippen molar-refractivity contribution in [1.82, 2.24) is 9.97 Å². The van der Waals surface area contributed by atoms with Crippen LogP contribution in [0.5, 0.6) is 0 Å². The first kappa shape index (κ1) is 22.3. The van der Waals surface area contributed by atoms with Gasteiger partial charge in [-0.05, 0) is 43.7 Å². The van der Waals surface area contributed by atoms with Gasteiger partial charge in [-0.3, -0.25) is 4.79 Å². The van der Waals surface area contributed by atoms with E-state index in [1.807, 2.05) is 42.5 Å². The van der Waals surface area contributed by atoms with Gasteiger partial charge in [0.25, 0.3) is 0 Å². The van der Waals surface area contributed by atoms with E-state index in [1.54, 1.807) is 6.92 Å². The molecule has 0 aliphatic carbocycles. The predicted molar refractivity (Wildman–Crippen MR) is 142 cm³/mol. The van der Waals surface area contributed by atoms with Crippen molar-refractivity contribution in [1.29, 1.82) is 0 Å². The molecule has 0 amide bonds. The summed E-state index contributed by atoms with van der Waals surface area (Å²) in [5, 5.41) is 4.82. The number of para-hydroxylation sites is 2. The summed E-state index contributed by atoms with van der Waals surface area (Å²) in [4.78, 5) is 18.3. The number of H-pyrrole nitrogens is 2. The van der Waals surface area contributed by atoms with Gasteiger partial charge in [-0.15, -0.1) is 0 Å². The standard InChI is InChI=1S/C14H11NO.C13H11N.C3H8/c1-9(16)10-6-4-8-13-14(10)11-5-2-3-7-12(11)15-13;1-9-5-4-8-12-13(9)10-6-2-3-7-11(10)14-12;1-3-2/h2-8,15H,1H3;2-8,14H,1H3;3H2,1-2H3. The van der Waals surface area contributed by atoms with Gasteiger partial charge in [0, 0.05) is 49.2 Å². The lowest BCUT2D eigenvalue weighted by molar-refractivity contribution is 0.101. The summed E-state index contributed by atoms with van der Waals surface area (Å²) in [6.07, 6.45) is 1.25. The smallest absolute Gasteiger partial charge is 0.160 e. The van der Waals surface area contributed by atoms with E-state index in [4.69, 9.17) is 0 Å². The van der Waals surface area contributed by atoms with Gasteiger partial charge in [-0.1, -0.05) is 80.9 Å². The van der Waals surface area contributed by atoms with Gasteiger partial charge in [-0.2, -0.15) is 0 Å². The van der Waals surface area contributed by atoms with Crippen LogP contribution in [0.3, 0.4) is 0 Å². The predicted octanol–water partition coefficient (Wildman–Crippen LogP) is 8.57. The van der Waals surface area contributed by atoms with E-state index >= 15 is 0 Å². The molecule has 6 aromatic rings. The molecule has 33 heavy (non-hydrogen) atoms. The molecule has 0 saturated heterocycles. The van der Waals surface area contributed by atoms with Crippen LogP contribution < -0.4 is 0 Å². The topological polar surface area (TPSA) is 48.6 Å². The maximum Gasteiger partial charge on any atom is 0.160 e. The number of carbonyl (C=O) groups is 1. The van der Waals surface area contributed by atoms with Gasteiger partial charge in [0.15, 0.2) is 5.78 Å². The molecule has 0 radical (unpaired) electrons. The molecule has 3 nitrogen and oxygen atoms in total. The fraction of sp³-hybridized carbons (Fsp3) is 0.167. The van der Waals surface area contributed by atoms with Crippen LogP contribution in [0.15, 0.2) is 84.9 Å². The van der Waals surface area contributed by atoms with Crippen molar-refractivity contribution in [3.8, 4) is 0 Å². The molecule has 2 heterocycles. The summed E-state index contributed by atoms with van der Waals surface area (Å²) in [6.45, 7) is 8.01. The molecule has 0 fully saturated rings. The number of rotatable bonds is 1. The Morgan fingerprint density at radius 1 is 0.636 bits per heavy atom. The summed E-state index contributed by atoms with van der Waals surface area (Å²) in [7, 11) is 0. The molecule has 0 aliphatic rings. The van der Waals surface area contributed by atoms with Crippen molar-refractivity contribution >= 4 is 49.4 Å². The van der Waals surface area contributed by atoms with Crippen molar-refractivity contribution < 1.29 is 4.79 Å². The first-order chi connectivity index (χ1) is 16.0. The molecule has 0 atom stereocenters. The number of aromatic amines is 2. The first-order valence-corrected chi connectivity index (χ1v) is 11.5. The third kappa shape index (κ3) is 4.40. The number of carbonyl (C=O) groups excluding carboxylic acids is 1. The zero-order chi connectivity index (χ0) is 23.4. The Hall–Kier alpha value is -3.85. The number of benzene rings is 4. The van der Waals surface area contributed by atoms with E-state index in [2.05, 4.69) is 73.2 Å². The van der Waals surface area contributed by atoms with Crippen LogP contribution in [0.1, 0.15) is 43.1 Å². The molecule has 0 spiro atoms. The second-order valence-corrected chi connectivity index (χ2v) is 8.33. The Bertz CT molecular complexity index is 1550. The van der Waals surface area contributed by atoms with Crippen molar-refractivity contribution in [3.05, 3.63) is 96.1 Å². The van der Waals surface area contributed by atoms with Gasteiger partial charge < -0.3 is 9.97 Å². The van der Waals surface area contributed by atoms with Crippen LogP contribution in [-0.4, -0.2) is 15.8 Å². The number of ketones is 1. The van der Waals surface area contributed by atoms with Crippen LogP contribution >= 0.6 is 0 Å². The van der Waals surface area contributed by atoms with Gasteiger partial charge in [-0.25, -0.2) is 0 Å². The minimum absolute atomic E-state index is 0.107. The Morgan fingerprint density at radius 2 is 1.09 bits per heavy atom. The number of fused-ring (bicyclic) bond motifs is 6. The van der Waals surface area contributed by atoms with Crippen molar-refractivity contribution in [2.75, 3.05) is 0 Å². The Kier molecular flexibility index (Phi) is 6.60. The van der Waals surface area contributed by atoms with Crippen molar-refractivity contribution in [3.63, 3.8) is 0 Å². The monoisotopic (exact) mass is 434 g/mol. The fourth-order valence-electron chi connectivity index (χ4n) is 4.28. The molecule has 4 aromatic carbocycles. The molecule has 2 aromatic heterocycles. The minimum atomic E-state index is 0.107. The Labute approximate surface area is 194 Å².